The lowest BCUT2D eigenvalue weighted by Gasteiger charge is -2.24. The quantitative estimate of drug-likeness (QED) is 0.376. The summed E-state index contributed by atoms with van der Waals surface area (Å²) in [6.07, 6.45) is 0.719. The molecule has 1 amide bonds. The molecule has 0 bridgehead atoms. The van der Waals surface area contributed by atoms with Gasteiger partial charge < -0.3 is 9.80 Å². The molecule has 0 aliphatic carbocycles. The molecule has 1 fully saturated rings. The molecule has 4 rings (SSSR count). The highest BCUT2D eigenvalue weighted by atomic mass is 32.2. The van der Waals surface area contributed by atoms with Gasteiger partial charge in [-0.25, -0.2) is 4.39 Å². The van der Waals surface area contributed by atoms with Crippen LogP contribution in [0.1, 0.15) is 22.3 Å². The van der Waals surface area contributed by atoms with E-state index in [2.05, 4.69) is 11.0 Å². The molecule has 0 unspecified atom stereocenters. The van der Waals surface area contributed by atoms with Crippen LogP contribution in [-0.4, -0.2) is 41.9 Å². The third-order valence-corrected chi connectivity index (χ3v) is 6.73. The number of halogens is 1. The molecule has 7 nitrogen and oxygen atoms in total. The molecule has 1 saturated heterocycles. The van der Waals surface area contributed by atoms with Gasteiger partial charge in [-0.1, -0.05) is 23.9 Å². The standard InChI is InChI=1S/C25H21FN4O3S/c26-22-4-1-2-5-24(22)34-23-11-10-20(30(32)33)16-21(23)25(31)29-13-3-12-28(14-15-29)19-8-6-18(17-27)7-9-19/h1-2,4-11,16H,3,12-15H2. The zero-order valence-electron chi connectivity index (χ0n) is 18.2. The van der Waals surface area contributed by atoms with E-state index in [0.29, 0.717) is 35.0 Å². The number of rotatable bonds is 5. The van der Waals surface area contributed by atoms with Gasteiger partial charge in [0.15, 0.2) is 0 Å². The van der Waals surface area contributed by atoms with Crippen molar-refractivity contribution < 1.29 is 14.1 Å². The molecule has 1 aliphatic rings. The second-order valence-corrected chi connectivity index (χ2v) is 8.85. The zero-order valence-corrected chi connectivity index (χ0v) is 19.0. The first-order valence-electron chi connectivity index (χ1n) is 10.7. The fraction of sp³-hybridized carbons (Fsp3) is 0.200. The lowest BCUT2D eigenvalue weighted by atomic mass is 10.1. The second kappa shape index (κ2) is 10.4. The molecule has 3 aromatic carbocycles. The average molecular weight is 477 g/mol. The molecule has 0 aromatic heterocycles. The molecule has 9 heteroatoms. The molecule has 0 spiro atoms. The Hall–Kier alpha value is -3.90. The van der Waals surface area contributed by atoms with Gasteiger partial charge in [0.2, 0.25) is 0 Å². The molecule has 0 saturated carbocycles. The van der Waals surface area contributed by atoms with E-state index in [1.165, 1.54) is 24.3 Å². The summed E-state index contributed by atoms with van der Waals surface area (Å²) in [6.45, 7) is 2.26. The van der Waals surface area contributed by atoms with Crippen LogP contribution in [0.15, 0.2) is 76.5 Å². The van der Waals surface area contributed by atoms with Gasteiger partial charge >= 0.3 is 0 Å². The van der Waals surface area contributed by atoms with Crippen LogP contribution in [-0.2, 0) is 0 Å². The summed E-state index contributed by atoms with van der Waals surface area (Å²) in [5.74, 6) is -0.735. The Morgan fingerprint density at radius 3 is 2.47 bits per heavy atom. The monoisotopic (exact) mass is 476 g/mol. The van der Waals surface area contributed by atoms with Crippen molar-refractivity contribution in [3.05, 3.63) is 93.8 Å². The molecule has 1 aliphatic heterocycles. The smallest absolute Gasteiger partial charge is 0.270 e. The van der Waals surface area contributed by atoms with Crippen LogP contribution in [0, 0.1) is 27.3 Å². The highest BCUT2D eigenvalue weighted by Crippen LogP contribution is 2.35. The molecular weight excluding hydrogens is 455 g/mol. The number of anilines is 1. The summed E-state index contributed by atoms with van der Waals surface area (Å²) in [7, 11) is 0. The van der Waals surface area contributed by atoms with Gasteiger partial charge in [-0.05, 0) is 48.9 Å². The van der Waals surface area contributed by atoms with Crippen LogP contribution in [0.5, 0.6) is 0 Å². The van der Waals surface area contributed by atoms with Crippen molar-refractivity contribution in [2.45, 2.75) is 16.2 Å². The van der Waals surface area contributed by atoms with E-state index >= 15 is 0 Å². The average Bonchev–Trinajstić information content (AvgIpc) is 3.11. The highest BCUT2D eigenvalue weighted by molar-refractivity contribution is 7.99. The number of carbonyl (C=O) groups excluding carboxylic acids is 1. The van der Waals surface area contributed by atoms with Crippen LogP contribution in [0.2, 0.25) is 0 Å². The maximum absolute atomic E-state index is 14.2. The number of benzene rings is 3. The van der Waals surface area contributed by atoms with Gasteiger partial charge in [0.05, 0.1) is 22.1 Å². The second-order valence-electron chi connectivity index (χ2n) is 7.76. The maximum atomic E-state index is 14.2. The largest absolute Gasteiger partial charge is 0.370 e. The van der Waals surface area contributed by atoms with Crippen LogP contribution in [0.3, 0.4) is 0 Å². The Morgan fingerprint density at radius 1 is 1.00 bits per heavy atom. The number of nitro groups is 1. The Labute approximate surface area is 200 Å². The number of amides is 1. The third-order valence-electron chi connectivity index (χ3n) is 5.61. The minimum absolute atomic E-state index is 0.185. The van der Waals surface area contributed by atoms with Crippen molar-refractivity contribution in [1.29, 1.82) is 5.26 Å². The lowest BCUT2D eigenvalue weighted by Crippen LogP contribution is -2.35. The van der Waals surface area contributed by atoms with E-state index in [4.69, 9.17) is 5.26 Å². The first-order chi connectivity index (χ1) is 16.5. The summed E-state index contributed by atoms with van der Waals surface area (Å²) in [5, 5.41) is 20.4. The SMILES string of the molecule is N#Cc1ccc(N2CCCN(C(=O)c3cc([N+](=O)[O-])ccc3Sc3ccccc3F)CC2)cc1. The molecule has 0 N–H and O–H groups in total. The van der Waals surface area contributed by atoms with E-state index in [1.54, 1.807) is 35.2 Å². The Bertz CT molecular complexity index is 1260. The number of nitriles is 1. The molecular formula is C25H21FN4O3S. The predicted molar refractivity (Wildman–Crippen MR) is 128 cm³/mol. The van der Waals surface area contributed by atoms with Gasteiger partial charge in [-0.2, -0.15) is 5.26 Å². The highest BCUT2D eigenvalue weighted by Gasteiger charge is 2.25. The molecule has 0 radical (unpaired) electrons. The number of nitrogens with zero attached hydrogens (tertiary/aromatic N) is 4. The summed E-state index contributed by atoms with van der Waals surface area (Å²) in [4.78, 5) is 29.0. The van der Waals surface area contributed by atoms with E-state index in [-0.39, 0.29) is 17.2 Å². The lowest BCUT2D eigenvalue weighted by molar-refractivity contribution is -0.384. The minimum atomic E-state index is -0.538. The van der Waals surface area contributed by atoms with Crippen LogP contribution in [0.4, 0.5) is 15.8 Å². The summed E-state index contributed by atoms with van der Waals surface area (Å²) >= 11 is 1.08. The number of non-ortho nitro benzene ring substituents is 1. The number of hydrogen-bond acceptors (Lipinski definition) is 6. The van der Waals surface area contributed by atoms with E-state index in [1.807, 2.05) is 12.1 Å². The van der Waals surface area contributed by atoms with Crippen molar-refractivity contribution in [2.24, 2.45) is 0 Å². The minimum Gasteiger partial charge on any atom is -0.370 e. The molecule has 0 atom stereocenters. The maximum Gasteiger partial charge on any atom is 0.270 e. The van der Waals surface area contributed by atoms with Gasteiger partial charge in [0, 0.05) is 53.8 Å². The number of nitro benzene ring substituents is 1. The third kappa shape index (κ3) is 5.18. The molecule has 172 valence electrons. The zero-order chi connectivity index (χ0) is 24.1. The van der Waals surface area contributed by atoms with Crippen molar-refractivity contribution in [1.82, 2.24) is 4.90 Å². The summed E-state index contributed by atoms with van der Waals surface area (Å²) < 4.78 is 14.2. The topological polar surface area (TPSA) is 90.5 Å². The fourth-order valence-corrected chi connectivity index (χ4v) is 4.77. The molecule has 1 heterocycles. The first kappa shape index (κ1) is 23.3. The van der Waals surface area contributed by atoms with Crippen molar-refractivity contribution in [2.75, 3.05) is 31.1 Å². The summed E-state index contributed by atoms with van der Waals surface area (Å²) in [5.41, 5.74) is 1.56. The predicted octanol–water partition coefficient (Wildman–Crippen LogP) is 5.11. The van der Waals surface area contributed by atoms with Crippen LogP contribution >= 0.6 is 11.8 Å². The van der Waals surface area contributed by atoms with Gasteiger partial charge in [0.25, 0.3) is 11.6 Å². The van der Waals surface area contributed by atoms with E-state index in [0.717, 1.165) is 30.4 Å². The number of hydrogen-bond donors (Lipinski definition) is 0. The van der Waals surface area contributed by atoms with Crippen molar-refractivity contribution in [3.8, 4) is 6.07 Å². The normalized spacial score (nSPS) is 13.8. The summed E-state index contributed by atoms with van der Waals surface area (Å²) in [6, 6.07) is 19.7. The van der Waals surface area contributed by atoms with Gasteiger partial charge in [-0.3, -0.25) is 14.9 Å². The van der Waals surface area contributed by atoms with E-state index in [9.17, 15) is 19.3 Å². The Kier molecular flexibility index (Phi) is 7.09. The Morgan fingerprint density at radius 2 is 1.76 bits per heavy atom. The molecule has 3 aromatic rings. The van der Waals surface area contributed by atoms with Gasteiger partial charge in [-0.15, -0.1) is 0 Å². The van der Waals surface area contributed by atoms with Gasteiger partial charge in [0.1, 0.15) is 5.82 Å². The fourth-order valence-electron chi connectivity index (χ4n) is 3.83. The van der Waals surface area contributed by atoms with Crippen molar-refractivity contribution >= 4 is 29.0 Å². The van der Waals surface area contributed by atoms with Crippen LogP contribution < -0.4 is 4.90 Å². The molecule has 34 heavy (non-hydrogen) atoms. The number of carbonyl (C=O) groups is 1. The first-order valence-corrected chi connectivity index (χ1v) is 11.5. The Balaban J connectivity index is 1.57. The van der Waals surface area contributed by atoms with Crippen LogP contribution in [0.25, 0.3) is 0 Å². The van der Waals surface area contributed by atoms with E-state index < -0.39 is 10.7 Å². The van der Waals surface area contributed by atoms with Crippen molar-refractivity contribution in [3.63, 3.8) is 0 Å².